The molecule has 0 radical (unpaired) electrons. The molecular formula is C19H21N3OS. The molecule has 3 rings (SSSR count). The fourth-order valence-electron chi connectivity index (χ4n) is 2.91. The zero-order chi connectivity index (χ0) is 17.1. The van der Waals surface area contributed by atoms with Gasteiger partial charge in [0, 0.05) is 17.6 Å². The lowest BCUT2D eigenvalue weighted by molar-refractivity contribution is 0.0957. The Morgan fingerprint density at radius 2 is 1.88 bits per heavy atom. The molecule has 0 aliphatic heterocycles. The van der Waals surface area contributed by atoms with Crippen LogP contribution in [0.2, 0.25) is 0 Å². The van der Waals surface area contributed by atoms with Gasteiger partial charge in [0.15, 0.2) is 0 Å². The van der Waals surface area contributed by atoms with Gasteiger partial charge in [0.2, 0.25) is 0 Å². The van der Waals surface area contributed by atoms with Crippen LogP contribution < -0.4 is 5.32 Å². The molecule has 0 spiro atoms. The first-order valence-corrected chi connectivity index (χ1v) is 8.94. The summed E-state index contributed by atoms with van der Waals surface area (Å²) in [5, 5.41) is 4.04. The highest BCUT2D eigenvalue weighted by Crippen LogP contribution is 2.31. The lowest BCUT2D eigenvalue weighted by Gasteiger charge is -2.05. The third-order valence-corrected chi connectivity index (χ3v) is 5.24. The van der Waals surface area contributed by atoms with Crippen LogP contribution in [0.1, 0.15) is 38.7 Å². The van der Waals surface area contributed by atoms with Crippen molar-refractivity contribution in [2.24, 2.45) is 0 Å². The minimum absolute atomic E-state index is 0.0133. The normalized spacial score (nSPS) is 11.0. The second kappa shape index (κ2) is 7.09. The van der Waals surface area contributed by atoms with Crippen molar-refractivity contribution in [3.63, 3.8) is 0 Å². The number of nitrogens with zero attached hydrogens (tertiary/aromatic N) is 2. The predicted octanol–water partition coefficient (Wildman–Crippen LogP) is 3.98. The molecule has 1 N–H and O–H groups in total. The van der Waals surface area contributed by atoms with Crippen LogP contribution >= 0.6 is 11.3 Å². The van der Waals surface area contributed by atoms with Crippen LogP contribution in [0.25, 0.3) is 10.2 Å². The third kappa shape index (κ3) is 3.46. The highest BCUT2D eigenvalue weighted by atomic mass is 32.1. The highest BCUT2D eigenvalue weighted by Gasteiger charge is 2.18. The molecule has 0 fully saturated rings. The van der Waals surface area contributed by atoms with Crippen molar-refractivity contribution < 1.29 is 4.79 Å². The van der Waals surface area contributed by atoms with E-state index in [0.717, 1.165) is 45.0 Å². The Bertz CT molecular complexity index is 871. The standard InChI is InChI=1S/C19H21N3OS/c1-12-16-13(2)21-14(3)22-19(16)24-17(12)18(23)20-11-7-10-15-8-5-4-6-9-15/h4-6,8-9H,7,10-11H2,1-3H3,(H,20,23). The molecule has 0 aliphatic rings. The number of carbonyl (C=O) groups is 1. The molecule has 0 atom stereocenters. The topological polar surface area (TPSA) is 54.9 Å². The van der Waals surface area contributed by atoms with E-state index in [2.05, 4.69) is 27.4 Å². The summed E-state index contributed by atoms with van der Waals surface area (Å²) >= 11 is 1.45. The van der Waals surface area contributed by atoms with Crippen molar-refractivity contribution in [3.8, 4) is 0 Å². The Morgan fingerprint density at radius 1 is 1.12 bits per heavy atom. The number of benzene rings is 1. The Hall–Kier alpha value is -2.27. The molecule has 0 saturated heterocycles. The fraction of sp³-hybridized carbons (Fsp3) is 0.316. The number of aromatic nitrogens is 2. The van der Waals surface area contributed by atoms with Gasteiger partial charge in [-0.2, -0.15) is 0 Å². The van der Waals surface area contributed by atoms with E-state index in [9.17, 15) is 4.79 Å². The molecule has 1 aromatic carbocycles. The number of thiophene rings is 1. The summed E-state index contributed by atoms with van der Waals surface area (Å²) in [4.78, 5) is 23.0. The summed E-state index contributed by atoms with van der Waals surface area (Å²) in [7, 11) is 0. The van der Waals surface area contributed by atoms with Crippen LogP contribution in [-0.4, -0.2) is 22.4 Å². The number of hydrogen-bond acceptors (Lipinski definition) is 4. The first kappa shape index (κ1) is 16.6. The van der Waals surface area contributed by atoms with E-state index >= 15 is 0 Å². The lowest BCUT2D eigenvalue weighted by atomic mass is 10.1. The summed E-state index contributed by atoms with van der Waals surface area (Å²) < 4.78 is 0. The van der Waals surface area contributed by atoms with E-state index in [1.807, 2.05) is 39.0 Å². The molecule has 3 aromatic rings. The first-order valence-electron chi connectivity index (χ1n) is 8.12. The van der Waals surface area contributed by atoms with Gasteiger partial charge in [-0.3, -0.25) is 4.79 Å². The van der Waals surface area contributed by atoms with Crippen LogP contribution in [0, 0.1) is 20.8 Å². The van der Waals surface area contributed by atoms with Crippen molar-refractivity contribution in [1.82, 2.24) is 15.3 Å². The van der Waals surface area contributed by atoms with E-state index in [0.29, 0.717) is 6.54 Å². The van der Waals surface area contributed by atoms with Crippen LogP contribution in [0.5, 0.6) is 0 Å². The molecule has 5 heteroatoms. The SMILES string of the molecule is Cc1nc(C)c2c(C)c(C(=O)NCCCc3ccccc3)sc2n1. The van der Waals surface area contributed by atoms with Crippen LogP contribution in [0.4, 0.5) is 0 Å². The number of nitrogens with one attached hydrogen (secondary N) is 1. The van der Waals surface area contributed by atoms with E-state index in [1.165, 1.54) is 16.9 Å². The monoisotopic (exact) mass is 339 g/mol. The molecule has 4 nitrogen and oxygen atoms in total. The molecule has 0 unspecified atom stereocenters. The Labute approximate surface area is 146 Å². The van der Waals surface area contributed by atoms with Crippen molar-refractivity contribution >= 4 is 27.5 Å². The van der Waals surface area contributed by atoms with Crippen LogP contribution in [0.15, 0.2) is 30.3 Å². The average Bonchev–Trinajstić information content (AvgIpc) is 2.89. The zero-order valence-electron chi connectivity index (χ0n) is 14.2. The van der Waals surface area contributed by atoms with Gasteiger partial charge in [-0.1, -0.05) is 30.3 Å². The molecule has 1 amide bonds. The van der Waals surface area contributed by atoms with Gasteiger partial charge < -0.3 is 5.32 Å². The van der Waals surface area contributed by atoms with Gasteiger partial charge in [-0.25, -0.2) is 9.97 Å². The minimum atomic E-state index is -0.0133. The van der Waals surface area contributed by atoms with Gasteiger partial charge >= 0.3 is 0 Å². The summed E-state index contributed by atoms with van der Waals surface area (Å²) in [6.07, 6.45) is 1.90. The molecule has 24 heavy (non-hydrogen) atoms. The van der Waals surface area contributed by atoms with Gasteiger partial charge in [0.1, 0.15) is 10.7 Å². The Morgan fingerprint density at radius 3 is 2.62 bits per heavy atom. The number of rotatable bonds is 5. The van der Waals surface area contributed by atoms with Gasteiger partial charge in [0.05, 0.1) is 4.88 Å². The number of aryl methyl sites for hydroxylation is 4. The third-order valence-electron chi connectivity index (χ3n) is 4.06. The van der Waals surface area contributed by atoms with Crippen molar-refractivity contribution in [2.75, 3.05) is 6.54 Å². The van der Waals surface area contributed by atoms with Crippen LogP contribution in [-0.2, 0) is 6.42 Å². The minimum Gasteiger partial charge on any atom is -0.351 e. The fourth-order valence-corrected chi connectivity index (χ4v) is 4.10. The molecule has 124 valence electrons. The summed E-state index contributed by atoms with van der Waals surface area (Å²) in [6.45, 7) is 6.50. The molecule has 0 aliphatic carbocycles. The van der Waals surface area contributed by atoms with Gasteiger partial charge in [0.25, 0.3) is 5.91 Å². The van der Waals surface area contributed by atoms with Crippen molar-refractivity contribution in [1.29, 1.82) is 0 Å². The molecule has 0 bridgehead atoms. The lowest BCUT2D eigenvalue weighted by Crippen LogP contribution is -2.24. The Kier molecular flexibility index (Phi) is 4.90. The molecular weight excluding hydrogens is 318 g/mol. The maximum absolute atomic E-state index is 12.5. The number of fused-ring (bicyclic) bond motifs is 1. The Balaban J connectivity index is 1.66. The molecule has 2 heterocycles. The summed E-state index contributed by atoms with van der Waals surface area (Å²) in [5.74, 6) is 0.733. The number of amides is 1. The van der Waals surface area contributed by atoms with Crippen molar-refractivity contribution in [3.05, 3.63) is 57.9 Å². The van der Waals surface area contributed by atoms with E-state index in [1.54, 1.807) is 0 Å². The second-order valence-electron chi connectivity index (χ2n) is 5.94. The maximum atomic E-state index is 12.5. The number of hydrogen-bond donors (Lipinski definition) is 1. The van der Waals surface area contributed by atoms with E-state index < -0.39 is 0 Å². The molecule has 2 aromatic heterocycles. The highest BCUT2D eigenvalue weighted by molar-refractivity contribution is 7.20. The smallest absolute Gasteiger partial charge is 0.261 e. The van der Waals surface area contributed by atoms with Gasteiger partial charge in [-0.05, 0) is 44.7 Å². The summed E-state index contributed by atoms with van der Waals surface area (Å²) in [5.41, 5.74) is 3.22. The van der Waals surface area contributed by atoms with Gasteiger partial charge in [-0.15, -0.1) is 11.3 Å². The van der Waals surface area contributed by atoms with E-state index in [-0.39, 0.29) is 5.91 Å². The molecule has 0 saturated carbocycles. The largest absolute Gasteiger partial charge is 0.351 e. The maximum Gasteiger partial charge on any atom is 0.261 e. The van der Waals surface area contributed by atoms with Crippen LogP contribution in [0.3, 0.4) is 0 Å². The first-order chi connectivity index (χ1) is 11.6. The quantitative estimate of drug-likeness (QED) is 0.715. The number of carbonyl (C=O) groups excluding carboxylic acids is 1. The van der Waals surface area contributed by atoms with Crippen molar-refractivity contribution in [2.45, 2.75) is 33.6 Å². The second-order valence-corrected chi connectivity index (χ2v) is 6.94. The van der Waals surface area contributed by atoms with E-state index in [4.69, 9.17) is 0 Å². The zero-order valence-corrected chi connectivity index (χ0v) is 15.0. The summed E-state index contributed by atoms with van der Waals surface area (Å²) in [6, 6.07) is 10.3. The predicted molar refractivity (Wildman–Crippen MR) is 98.7 cm³/mol. The average molecular weight is 339 g/mol.